The molecule has 0 radical (unpaired) electrons. The fraction of sp³-hybridized carbons (Fsp3) is 0.143. The zero-order chi connectivity index (χ0) is 10.8. The van der Waals surface area contributed by atoms with Crippen LogP contribution in [0, 0.1) is 0 Å². The lowest BCUT2D eigenvalue weighted by Crippen LogP contribution is -2.25. The topological polar surface area (TPSA) is 15.3 Å². The Morgan fingerprint density at radius 3 is 2.13 bits per heavy atom. The van der Waals surface area contributed by atoms with E-state index < -0.39 is 22.7 Å². The highest BCUT2D eigenvalue weighted by Crippen LogP contribution is 2.35. The van der Waals surface area contributed by atoms with Crippen LogP contribution in [0.5, 0.6) is 0 Å². The van der Waals surface area contributed by atoms with E-state index in [9.17, 15) is 22.1 Å². The molecule has 0 saturated heterocycles. The van der Waals surface area contributed by atoms with Gasteiger partial charge in [-0.3, -0.25) is 0 Å². The van der Waals surface area contributed by atoms with Crippen LogP contribution >= 0.6 is 12.4 Å². The van der Waals surface area contributed by atoms with Crippen molar-refractivity contribution in [1.82, 2.24) is 5.65 Å². The molecule has 0 unspecified atom stereocenters. The molecule has 0 fully saturated rings. The minimum Gasteiger partial charge on any atom is -0.166 e. The van der Waals surface area contributed by atoms with E-state index in [0.29, 0.717) is 11.7 Å². The van der Waals surface area contributed by atoms with E-state index in [-0.39, 0.29) is 12.4 Å². The van der Waals surface area contributed by atoms with Crippen LogP contribution in [0.1, 0.15) is 5.56 Å². The fourth-order valence-electron chi connectivity index (χ4n) is 0.930. The van der Waals surface area contributed by atoms with Gasteiger partial charge in [-0.15, -0.1) is 22.1 Å². The first-order valence-corrected chi connectivity index (χ1v) is 3.45. The van der Waals surface area contributed by atoms with Gasteiger partial charge in [-0.05, 0) is 17.8 Å². The van der Waals surface area contributed by atoms with E-state index in [4.69, 9.17) is 0 Å². The van der Waals surface area contributed by atoms with Gasteiger partial charge in [-0.25, -0.2) is 0 Å². The molecule has 0 saturated carbocycles. The van der Waals surface area contributed by atoms with Gasteiger partial charge in [-0.1, -0.05) is 16.6 Å². The average molecular weight is 249 g/mol. The van der Waals surface area contributed by atoms with Gasteiger partial charge in [0.1, 0.15) is 5.69 Å². The molecule has 1 rings (SSSR count). The molecule has 0 aliphatic heterocycles. The Balaban J connectivity index is 0.00000196. The summed E-state index contributed by atoms with van der Waals surface area (Å²) in [6, 6.07) is 3.70. The number of alkyl halides is 3. The van der Waals surface area contributed by atoms with Crippen LogP contribution in [-0.2, 0) is 6.18 Å². The minimum atomic E-state index is -4.72. The van der Waals surface area contributed by atoms with Crippen LogP contribution in [0.2, 0.25) is 0 Å². The number of anilines is 1. The van der Waals surface area contributed by atoms with Gasteiger partial charge in [0, 0.05) is 0 Å². The van der Waals surface area contributed by atoms with Crippen LogP contribution < -0.4 is 10.9 Å². The second kappa shape index (κ2) is 5.13. The van der Waals surface area contributed by atoms with Crippen LogP contribution in [0.3, 0.4) is 0 Å². The molecule has 15 heavy (non-hydrogen) atoms. The Morgan fingerprint density at radius 2 is 1.67 bits per heavy atom. The molecule has 1 aromatic rings. The molecule has 0 spiro atoms. The maximum absolute atomic E-state index is 12.5. The van der Waals surface area contributed by atoms with Gasteiger partial charge < -0.3 is 0 Å². The van der Waals surface area contributed by atoms with Gasteiger partial charge in [0.25, 0.3) is 0 Å². The first kappa shape index (κ1) is 13.9. The van der Waals surface area contributed by atoms with Crippen molar-refractivity contribution in [1.29, 1.82) is 0 Å². The minimum absolute atomic E-state index is 0. The molecule has 0 aliphatic rings. The monoisotopic (exact) mass is 248 g/mol. The highest BCUT2D eigenvalue weighted by molar-refractivity contribution is 5.85. The number of hydrogen-bond acceptors (Lipinski definition) is 2. The number of hydrogen-bond donors (Lipinski definition) is 1. The molecule has 0 atom stereocenters. The summed E-state index contributed by atoms with van der Waals surface area (Å²) in [4.78, 5) is 0. The number of hydrazine groups is 1. The van der Waals surface area contributed by atoms with Crippen molar-refractivity contribution in [2.75, 3.05) is 5.23 Å². The van der Waals surface area contributed by atoms with Crippen LogP contribution in [-0.4, -0.2) is 0 Å². The molecular formula is C7H6ClF5N2. The normalized spacial score (nSPS) is 10.7. The predicted octanol–water partition coefficient (Wildman–Crippen LogP) is 3.21. The Labute approximate surface area is 87.9 Å². The first-order chi connectivity index (χ1) is 6.46. The zero-order valence-electron chi connectivity index (χ0n) is 7.05. The third-order valence-corrected chi connectivity index (χ3v) is 1.50. The lowest BCUT2D eigenvalue weighted by molar-refractivity contribution is -0.137. The van der Waals surface area contributed by atoms with E-state index in [1.165, 1.54) is 0 Å². The standard InChI is InChI=1S/C7H5F5N2.ClH/c8-7(9,10)5-3-1-2-4-6(5)14(12)13-11;/h1-4,13H;1H. The number of rotatable bonds is 2. The molecule has 8 heteroatoms. The maximum atomic E-state index is 12.5. The highest BCUT2D eigenvalue weighted by atomic mass is 35.5. The molecule has 2 nitrogen and oxygen atoms in total. The molecule has 1 N–H and O–H groups in total. The van der Waals surface area contributed by atoms with E-state index >= 15 is 0 Å². The van der Waals surface area contributed by atoms with Crippen molar-refractivity contribution >= 4 is 18.1 Å². The molecular weight excluding hydrogens is 243 g/mol. The Morgan fingerprint density at radius 1 is 1.13 bits per heavy atom. The lowest BCUT2D eigenvalue weighted by atomic mass is 10.2. The number of nitrogens with zero attached hydrogens (tertiary/aromatic N) is 1. The zero-order valence-corrected chi connectivity index (χ0v) is 7.87. The largest absolute Gasteiger partial charge is 0.418 e. The van der Waals surface area contributed by atoms with E-state index in [1.807, 2.05) is 0 Å². The van der Waals surface area contributed by atoms with Crippen LogP contribution in [0.4, 0.5) is 27.8 Å². The summed E-state index contributed by atoms with van der Waals surface area (Å²) in [5.74, 6) is 0. The van der Waals surface area contributed by atoms with E-state index in [1.54, 1.807) is 0 Å². The lowest BCUT2D eigenvalue weighted by Gasteiger charge is -2.15. The van der Waals surface area contributed by atoms with Crippen molar-refractivity contribution in [3.8, 4) is 0 Å². The molecule has 0 aromatic heterocycles. The number of para-hydroxylation sites is 1. The van der Waals surface area contributed by atoms with Crippen molar-refractivity contribution in [2.45, 2.75) is 6.18 Å². The molecule has 0 aliphatic carbocycles. The van der Waals surface area contributed by atoms with Gasteiger partial charge in [0.05, 0.1) is 5.56 Å². The van der Waals surface area contributed by atoms with E-state index in [2.05, 4.69) is 0 Å². The maximum Gasteiger partial charge on any atom is 0.418 e. The molecule has 0 amide bonds. The van der Waals surface area contributed by atoms with Gasteiger partial charge >= 0.3 is 6.18 Å². The number of benzene rings is 1. The average Bonchev–Trinajstić information content (AvgIpc) is 2.15. The van der Waals surface area contributed by atoms with Crippen LogP contribution in [0.25, 0.3) is 0 Å². The fourth-order valence-corrected chi connectivity index (χ4v) is 0.930. The summed E-state index contributed by atoms with van der Waals surface area (Å²) in [6.07, 6.45) is -4.72. The summed E-state index contributed by atoms with van der Waals surface area (Å²) in [5, 5.41) is -0.844. The molecule has 0 heterocycles. The Hall–Kier alpha value is -1.08. The van der Waals surface area contributed by atoms with Crippen molar-refractivity contribution in [2.24, 2.45) is 0 Å². The summed E-state index contributed by atoms with van der Waals surface area (Å²) in [6.45, 7) is 0. The number of nitrogens with one attached hydrogen (secondary N) is 1. The third-order valence-electron chi connectivity index (χ3n) is 1.50. The van der Waals surface area contributed by atoms with Crippen molar-refractivity contribution in [3.63, 3.8) is 0 Å². The SMILES string of the molecule is Cl.FNN(F)c1ccccc1C(F)(F)F. The smallest absolute Gasteiger partial charge is 0.166 e. The van der Waals surface area contributed by atoms with E-state index in [0.717, 1.165) is 18.2 Å². The predicted molar refractivity (Wildman–Crippen MR) is 46.5 cm³/mol. The highest BCUT2D eigenvalue weighted by Gasteiger charge is 2.35. The summed E-state index contributed by atoms with van der Waals surface area (Å²) in [7, 11) is 0. The second-order valence-corrected chi connectivity index (χ2v) is 2.38. The second-order valence-electron chi connectivity index (χ2n) is 2.38. The van der Waals surface area contributed by atoms with Gasteiger partial charge in [0.15, 0.2) is 0 Å². The van der Waals surface area contributed by atoms with Crippen molar-refractivity contribution in [3.05, 3.63) is 29.8 Å². The quantitative estimate of drug-likeness (QED) is 0.491. The van der Waals surface area contributed by atoms with Gasteiger partial charge in [0.2, 0.25) is 0 Å². The number of halogens is 6. The molecule has 0 bridgehead atoms. The summed E-state index contributed by atoms with van der Waals surface area (Å²) in [5.41, 5.74) is -1.72. The van der Waals surface area contributed by atoms with Crippen molar-refractivity contribution < 1.29 is 22.1 Å². The molecule has 1 aromatic carbocycles. The Bertz CT molecular complexity index is 316. The third kappa shape index (κ3) is 3.21. The summed E-state index contributed by atoms with van der Waals surface area (Å²) < 4.78 is 60.7. The first-order valence-electron chi connectivity index (χ1n) is 3.45. The van der Waals surface area contributed by atoms with Crippen LogP contribution in [0.15, 0.2) is 24.3 Å². The molecule has 86 valence electrons. The summed E-state index contributed by atoms with van der Waals surface area (Å²) >= 11 is 0. The Kier molecular flexibility index (Phi) is 4.76. The van der Waals surface area contributed by atoms with Gasteiger partial charge in [-0.2, -0.15) is 13.2 Å².